The normalized spacial score (nSPS) is 15.8. The highest BCUT2D eigenvalue weighted by Crippen LogP contribution is 2.26. The van der Waals surface area contributed by atoms with Gasteiger partial charge in [-0.25, -0.2) is 0 Å². The van der Waals surface area contributed by atoms with Gasteiger partial charge in [-0.2, -0.15) is 10.1 Å². The Labute approximate surface area is 142 Å². The van der Waals surface area contributed by atoms with E-state index in [1.165, 1.54) is 5.01 Å². The molecule has 2 aromatic rings. The number of aryl methyl sites for hydroxylation is 1. The molecule has 0 radical (unpaired) electrons. The van der Waals surface area contributed by atoms with Crippen molar-refractivity contribution in [2.24, 2.45) is 5.10 Å². The number of hydrogen-bond acceptors (Lipinski definition) is 3. The molecule has 0 unspecified atom stereocenters. The predicted octanol–water partition coefficient (Wildman–Crippen LogP) is 3.87. The lowest BCUT2D eigenvalue weighted by atomic mass is 10.0. The van der Waals surface area contributed by atoms with E-state index in [1.54, 1.807) is 0 Å². The predicted molar refractivity (Wildman–Crippen MR) is 101 cm³/mol. The fourth-order valence-electron chi connectivity index (χ4n) is 2.68. The minimum atomic E-state index is -0.0882. The van der Waals surface area contributed by atoms with E-state index in [9.17, 15) is 4.79 Å². The fourth-order valence-corrected chi connectivity index (χ4v) is 2.68. The number of carbonyl (C=O) groups is 1. The molecule has 0 aliphatic carbocycles. The number of para-hydroxylation sites is 1. The topological polar surface area (TPSA) is 35.9 Å². The number of benzene rings is 2. The Morgan fingerprint density at radius 1 is 1.04 bits per heavy atom. The van der Waals surface area contributed by atoms with Crippen LogP contribution in [0, 0.1) is 6.92 Å². The van der Waals surface area contributed by atoms with Gasteiger partial charge in [-0.15, -0.1) is 0 Å². The number of nitrogens with zero attached hydrogens (tertiary/aromatic N) is 3. The number of rotatable bonds is 3. The van der Waals surface area contributed by atoms with Crippen LogP contribution >= 0.6 is 0 Å². The molecule has 1 amide bonds. The number of amides is 1. The van der Waals surface area contributed by atoms with Crippen molar-refractivity contribution in [3.8, 4) is 0 Å². The third kappa shape index (κ3) is 2.95. The summed E-state index contributed by atoms with van der Waals surface area (Å²) in [6.07, 6.45) is 1.93. The number of hydrazone groups is 1. The van der Waals surface area contributed by atoms with Crippen LogP contribution in [-0.2, 0) is 4.79 Å². The Morgan fingerprint density at radius 3 is 2.38 bits per heavy atom. The highest BCUT2D eigenvalue weighted by Gasteiger charge is 2.28. The quantitative estimate of drug-likeness (QED) is 0.805. The summed E-state index contributed by atoms with van der Waals surface area (Å²) in [6, 6.07) is 15.7. The molecular formula is C20H21N3O. The van der Waals surface area contributed by atoms with Crippen LogP contribution in [0.4, 0.5) is 11.4 Å². The van der Waals surface area contributed by atoms with Crippen LogP contribution in [-0.4, -0.2) is 25.7 Å². The van der Waals surface area contributed by atoms with Crippen molar-refractivity contribution in [2.45, 2.75) is 13.8 Å². The lowest BCUT2D eigenvalue weighted by Gasteiger charge is -2.14. The van der Waals surface area contributed by atoms with Gasteiger partial charge in [-0.1, -0.05) is 24.3 Å². The molecular weight excluding hydrogens is 298 g/mol. The largest absolute Gasteiger partial charge is 0.378 e. The number of hydrogen-bond donors (Lipinski definition) is 0. The smallest absolute Gasteiger partial charge is 0.280 e. The summed E-state index contributed by atoms with van der Waals surface area (Å²) in [7, 11) is 4.03. The summed E-state index contributed by atoms with van der Waals surface area (Å²) in [5.41, 5.74) is 5.47. The Bertz CT molecular complexity index is 835. The van der Waals surface area contributed by atoms with Gasteiger partial charge in [0.05, 0.1) is 17.0 Å². The highest BCUT2D eigenvalue weighted by atomic mass is 16.2. The zero-order valence-corrected chi connectivity index (χ0v) is 14.4. The Balaban J connectivity index is 1.94. The van der Waals surface area contributed by atoms with Crippen molar-refractivity contribution in [3.05, 3.63) is 65.2 Å². The van der Waals surface area contributed by atoms with Gasteiger partial charge in [0, 0.05) is 19.8 Å². The third-order valence-corrected chi connectivity index (χ3v) is 4.13. The highest BCUT2D eigenvalue weighted by molar-refractivity contribution is 6.32. The molecule has 4 nitrogen and oxygen atoms in total. The van der Waals surface area contributed by atoms with Gasteiger partial charge in [0.2, 0.25) is 0 Å². The number of carbonyl (C=O) groups excluding carboxylic acids is 1. The zero-order chi connectivity index (χ0) is 17.3. The lowest BCUT2D eigenvalue weighted by Crippen LogP contribution is -2.21. The summed E-state index contributed by atoms with van der Waals surface area (Å²) < 4.78 is 0. The minimum absolute atomic E-state index is 0.0882. The van der Waals surface area contributed by atoms with Crippen molar-refractivity contribution < 1.29 is 4.79 Å². The molecule has 4 heteroatoms. The van der Waals surface area contributed by atoms with Crippen molar-refractivity contribution in [1.82, 2.24) is 0 Å². The Kier molecular flexibility index (Phi) is 4.21. The molecule has 0 N–H and O–H groups in total. The van der Waals surface area contributed by atoms with Gasteiger partial charge in [0.15, 0.2) is 0 Å². The molecule has 1 aliphatic rings. The second-order valence-electron chi connectivity index (χ2n) is 6.13. The monoisotopic (exact) mass is 319 g/mol. The second kappa shape index (κ2) is 6.32. The molecule has 0 aromatic heterocycles. The summed E-state index contributed by atoms with van der Waals surface area (Å²) in [4.78, 5) is 14.8. The van der Waals surface area contributed by atoms with Gasteiger partial charge >= 0.3 is 0 Å². The molecule has 0 fully saturated rings. The average molecular weight is 319 g/mol. The van der Waals surface area contributed by atoms with Crippen LogP contribution in [0.5, 0.6) is 0 Å². The van der Waals surface area contributed by atoms with E-state index in [-0.39, 0.29) is 5.91 Å². The van der Waals surface area contributed by atoms with Crippen molar-refractivity contribution in [2.75, 3.05) is 24.0 Å². The molecule has 122 valence electrons. The van der Waals surface area contributed by atoms with E-state index in [2.05, 4.69) is 29.1 Å². The summed E-state index contributed by atoms with van der Waals surface area (Å²) in [5.74, 6) is -0.0882. The molecule has 0 saturated carbocycles. The second-order valence-corrected chi connectivity index (χ2v) is 6.13. The molecule has 1 heterocycles. The molecule has 1 aliphatic heterocycles. The molecule has 3 rings (SSSR count). The zero-order valence-electron chi connectivity index (χ0n) is 14.4. The maximum absolute atomic E-state index is 12.7. The van der Waals surface area contributed by atoms with Crippen LogP contribution in [0.25, 0.3) is 6.08 Å². The van der Waals surface area contributed by atoms with Crippen LogP contribution in [0.2, 0.25) is 0 Å². The molecule has 2 aromatic carbocycles. The first kappa shape index (κ1) is 16.0. The summed E-state index contributed by atoms with van der Waals surface area (Å²) >= 11 is 0. The van der Waals surface area contributed by atoms with E-state index < -0.39 is 0 Å². The molecule has 0 atom stereocenters. The Morgan fingerprint density at radius 2 is 1.75 bits per heavy atom. The minimum Gasteiger partial charge on any atom is -0.378 e. The maximum Gasteiger partial charge on any atom is 0.280 e. The van der Waals surface area contributed by atoms with Gasteiger partial charge in [0.25, 0.3) is 5.91 Å². The third-order valence-electron chi connectivity index (χ3n) is 4.13. The van der Waals surface area contributed by atoms with Crippen LogP contribution in [0.1, 0.15) is 18.1 Å². The van der Waals surface area contributed by atoms with Gasteiger partial charge in [0.1, 0.15) is 0 Å². The van der Waals surface area contributed by atoms with E-state index in [1.807, 2.05) is 63.5 Å². The summed E-state index contributed by atoms with van der Waals surface area (Å²) in [6.45, 7) is 3.93. The van der Waals surface area contributed by atoms with E-state index >= 15 is 0 Å². The van der Waals surface area contributed by atoms with Gasteiger partial charge < -0.3 is 4.90 Å². The first-order valence-corrected chi connectivity index (χ1v) is 7.92. The first-order chi connectivity index (χ1) is 11.5. The fraction of sp³-hybridized carbons (Fsp3) is 0.200. The van der Waals surface area contributed by atoms with Gasteiger partial charge in [-0.3, -0.25) is 4.79 Å². The van der Waals surface area contributed by atoms with E-state index in [0.717, 1.165) is 28.2 Å². The van der Waals surface area contributed by atoms with Crippen molar-refractivity contribution >= 4 is 29.1 Å². The van der Waals surface area contributed by atoms with Crippen LogP contribution in [0.15, 0.2) is 59.2 Å². The molecule has 0 spiro atoms. The standard InChI is InChI=1S/C20H21N3O/c1-14-12-18(22(3)4)11-10-16(14)13-19-15(2)21-23(20(19)24)17-8-6-5-7-9-17/h5-13H,1-4H3/b19-13+. The molecule has 0 saturated heterocycles. The number of anilines is 2. The van der Waals surface area contributed by atoms with Crippen LogP contribution in [0.3, 0.4) is 0 Å². The average Bonchev–Trinajstić information content (AvgIpc) is 2.85. The SMILES string of the molecule is CC1=NN(c2ccccc2)C(=O)/C1=C/c1ccc(N(C)C)cc1C. The van der Waals surface area contributed by atoms with E-state index in [4.69, 9.17) is 0 Å². The van der Waals surface area contributed by atoms with Crippen molar-refractivity contribution in [3.63, 3.8) is 0 Å². The first-order valence-electron chi connectivity index (χ1n) is 7.92. The Hall–Kier alpha value is -2.88. The molecule has 0 bridgehead atoms. The van der Waals surface area contributed by atoms with Gasteiger partial charge in [-0.05, 0) is 55.3 Å². The van der Waals surface area contributed by atoms with Crippen LogP contribution < -0.4 is 9.91 Å². The lowest BCUT2D eigenvalue weighted by molar-refractivity contribution is -0.114. The summed E-state index contributed by atoms with van der Waals surface area (Å²) in [5, 5.41) is 5.88. The molecule has 24 heavy (non-hydrogen) atoms. The maximum atomic E-state index is 12.7. The van der Waals surface area contributed by atoms with E-state index in [0.29, 0.717) is 5.57 Å². The van der Waals surface area contributed by atoms with Crippen molar-refractivity contribution in [1.29, 1.82) is 0 Å².